The monoisotopic (exact) mass is 883 g/mol. The number of carbonyl (C=O) groups is 3. The van der Waals surface area contributed by atoms with E-state index in [4.69, 9.17) is 14.2 Å². The highest BCUT2D eigenvalue weighted by atomic mass is 16.6. The zero-order valence-electron chi connectivity index (χ0n) is 40.7. The molecule has 0 aliphatic carbocycles. The van der Waals surface area contributed by atoms with E-state index in [0.717, 1.165) is 116 Å². The van der Waals surface area contributed by atoms with Gasteiger partial charge < -0.3 is 14.2 Å². The molecule has 0 amide bonds. The summed E-state index contributed by atoms with van der Waals surface area (Å²) >= 11 is 0. The standard InChI is InChI=1S/C58H90O6/c1-4-7-10-13-16-19-22-25-28-30-33-36-39-42-45-48-51-57(60)63-54-55(53-62-56(59)50-47-44-41-38-35-32-27-24-21-18-15-12-9-6-3)64-58(61)52-49-46-43-40-37-34-31-29-26-23-20-17-14-11-8-5-2/h7-12,16-21,25-26,28-29,33-34,36-37,42,45,55H,4-6,13-15,22-24,27,30-32,35,38-41,43-44,46-54H2,1-3H3/b10-7-,11-8-,12-9-,19-16-,20-17-,21-18-,28-25-,29-26-,36-33-,37-34-,45-42-. The highest BCUT2D eigenvalue weighted by Gasteiger charge is 2.19. The van der Waals surface area contributed by atoms with E-state index in [0.29, 0.717) is 19.3 Å². The Balaban J connectivity index is 4.59. The topological polar surface area (TPSA) is 78.9 Å². The maximum absolute atomic E-state index is 12.8. The van der Waals surface area contributed by atoms with Crippen LogP contribution in [0.4, 0.5) is 0 Å². The average molecular weight is 883 g/mol. The summed E-state index contributed by atoms with van der Waals surface area (Å²) in [6.07, 6.45) is 71.6. The molecule has 1 atom stereocenters. The second-order valence-electron chi connectivity index (χ2n) is 15.9. The van der Waals surface area contributed by atoms with Crippen molar-refractivity contribution in [2.75, 3.05) is 13.2 Å². The molecular formula is C58H90O6. The number of hydrogen-bond donors (Lipinski definition) is 0. The van der Waals surface area contributed by atoms with Crippen molar-refractivity contribution in [2.45, 2.75) is 200 Å². The minimum Gasteiger partial charge on any atom is -0.462 e. The quantitative estimate of drug-likeness (QED) is 0.0263. The van der Waals surface area contributed by atoms with Crippen molar-refractivity contribution in [1.29, 1.82) is 0 Å². The number of ether oxygens (including phenoxy) is 3. The summed E-state index contributed by atoms with van der Waals surface area (Å²) in [5, 5.41) is 0. The summed E-state index contributed by atoms with van der Waals surface area (Å²) in [7, 11) is 0. The first-order valence-electron chi connectivity index (χ1n) is 25.2. The van der Waals surface area contributed by atoms with Gasteiger partial charge in [-0.2, -0.15) is 0 Å². The number of allylic oxidation sites excluding steroid dienone is 22. The molecule has 0 N–H and O–H groups in total. The molecule has 64 heavy (non-hydrogen) atoms. The van der Waals surface area contributed by atoms with Crippen LogP contribution >= 0.6 is 0 Å². The number of esters is 3. The van der Waals surface area contributed by atoms with Crippen LogP contribution in [0.2, 0.25) is 0 Å². The molecule has 0 aromatic rings. The summed E-state index contributed by atoms with van der Waals surface area (Å²) < 4.78 is 16.7. The van der Waals surface area contributed by atoms with Gasteiger partial charge in [0.05, 0.1) is 0 Å². The SMILES string of the molecule is CC/C=C\C/C=C\C/C=C\C/C=C\C/C=C\CCC(=O)OCC(COC(=O)CCCCCCCCC/C=C\C/C=C\CC)OC(=O)CCCCC/C=C\C/C=C\C/C=C\C/C=C\CC. The lowest BCUT2D eigenvalue weighted by Crippen LogP contribution is -2.30. The Morgan fingerprint density at radius 3 is 0.984 bits per heavy atom. The summed E-state index contributed by atoms with van der Waals surface area (Å²) in [5.74, 6) is -1.06. The maximum Gasteiger partial charge on any atom is 0.306 e. The van der Waals surface area contributed by atoms with Crippen LogP contribution in [0.15, 0.2) is 134 Å². The Kier molecular flexibility index (Phi) is 47.6. The Labute approximate surface area is 392 Å². The predicted molar refractivity (Wildman–Crippen MR) is 274 cm³/mol. The molecular weight excluding hydrogens is 793 g/mol. The molecule has 0 aliphatic heterocycles. The van der Waals surface area contributed by atoms with Crippen molar-refractivity contribution in [3.63, 3.8) is 0 Å². The van der Waals surface area contributed by atoms with Crippen molar-refractivity contribution in [3.05, 3.63) is 134 Å². The van der Waals surface area contributed by atoms with Crippen LogP contribution < -0.4 is 0 Å². The molecule has 0 fully saturated rings. The van der Waals surface area contributed by atoms with Crippen molar-refractivity contribution < 1.29 is 28.6 Å². The molecule has 0 rings (SSSR count). The van der Waals surface area contributed by atoms with Gasteiger partial charge in [0.25, 0.3) is 0 Å². The van der Waals surface area contributed by atoms with Crippen LogP contribution in [-0.2, 0) is 28.6 Å². The van der Waals surface area contributed by atoms with Gasteiger partial charge in [0.1, 0.15) is 13.2 Å². The minimum absolute atomic E-state index is 0.123. The second kappa shape index (κ2) is 51.2. The lowest BCUT2D eigenvalue weighted by atomic mass is 10.1. The molecule has 6 nitrogen and oxygen atoms in total. The Morgan fingerprint density at radius 1 is 0.312 bits per heavy atom. The van der Waals surface area contributed by atoms with Gasteiger partial charge in [0.2, 0.25) is 0 Å². The normalized spacial score (nSPS) is 13.2. The number of carbonyl (C=O) groups excluding carboxylic acids is 3. The van der Waals surface area contributed by atoms with Crippen molar-refractivity contribution >= 4 is 17.9 Å². The number of unbranched alkanes of at least 4 members (excludes halogenated alkanes) is 10. The lowest BCUT2D eigenvalue weighted by Gasteiger charge is -2.18. The maximum atomic E-state index is 12.8. The largest absolute Gasteiger partial charge is 0.462 e. The fourth-order valence-corrected chi connectivity index (χ4v) is 6.22. The van der Waals surface area contributed by atoms with Crippen LogP contribution in [0.1, 0.15) is 194 Å². The van der Waals surface area contributed by atoms with Crippen molar-refractivity contribution in [2.24, 2.45) is 0 Å². The Hall–Kier alpha value is -4.45. The number of hydrogen-bond acceptors (Lipinski definition) is 6. The van der Waals surface area contributed by atoms with Crippen LogP contribution in [0.25, 0.3) is 0 Å². The van der Waals surface area contributed by atoms with Gasteiger partial charge in [-0.05, 0) is 116 Å². The third-order valence-corrected chi connectivity index (χ3v) is 9.89. The molecule has 0 saturated carbocycles. The molecule has 0 spiro atoms. The van der Waals surface area contributed by atoms with Gasteiger partial charge >= 0.3 is 17.9 Å². The fourth-order valence-electron chi connectivity index (χ4n) is 6.22. The van der Waals surface area contributed by atoms with E-state index in [1.54, 1.807) is 0 Å². The van der Waals surface area contributed by atoms with Gasteiger partial charge in [0, 0.05) is 19.3 Å². The van der Waals surface area contributed by atoms with Crippen molar-refractivity contribution in [1.82, 2.24) is 0 Å². The van der Waals surface area contributed by atoms with Gasteiger partial charge in [-0.1, -0.05) is 193 Å². The molecule has 0 aromatic carbocycles. The molecule has 0 bridgehead atoms. The van der Waals surface area contributed by atoms with Crippen LogP contribution in [-0.4, -0.2) is 37.2 Å². The number of rotatable bonds is 43. The highest BCUT2D eigenvalue weighted by molar-refractivity contribution is 5.71. The van der Waals surface area contributed by atoms with Crippen LogP contribution in [0.5, 0.6) is 0 Å². The molecule has 0 aromatic heterocycles. The fraction of sp³-hybridized carbons (Fsp3) is 0.569. The summed E-state index contributed by atoms with van der Waals surface area (Å²) in [6, 6.07) is 0. The van der Waals surface area contributed by atoms with Crippen LogP contribution in [0, 0.1) is 0 Å². The molecule has 0 saturated heterocycles. The van der Waals surface area contributed by atoms with E-state index < -0.39 is 6.10 Å². The molecule has 0 radical (unpaired) electrons. The summed E-state index contributed by atoms with van der Waals surface area (Å²) in [4.78, 5) is 37.9. The third-order valence-electron chi connectivity index (χ3n) is 9.89. The van der Waals surface area contributed by atoms with Gasteiger partial charge in [-0.25, -0.2) is 0 Å². The second-order valence-corrected chi connectivity index (χ2v) is 15.9. The van der Waals surface area contributed by atoms with E-state index in [9.17, 15) is 14.4 Å². The predicted octanol–water partition coefficient (Wildman–Crippen LogP) is 16.7. The smallest absolute Gasteiger partial charge is 0.306 e. The first kappa shape index (κ1) is 59.5. The van der Waals surface area contributed by atoms with Crippen LogP contribution in [0.3, 0.4) is 0 Å². The first-order valence-corrected chi connectivity index (χ1v) is 25.2. The molecule has 0 heterocycles. The van der Waals surface area contributed by atoms with Gasteiger partial charge in [0.15, 0.2) is 6.10 Å². The summed E-state index contributed by atoms with van der Waals surface area (Å²) in [6.45, 7) is 6.18. The van der Waals surface area contributed by atoms with Crippen molar-refractivity contribution in [3.8, 4) is 0 Å². The Morgan fingerprint density at radius 2 is 0.594 bits per heavy atom. The Bertz CT molecular complexity index is 1430. The average Bonchev–Trinajstić information content (AvgIpc) is 3.29. The zero-order valence-corrected chi connectivity index (χ0v) is 40.7. The van der Waals surface area contributed by atoms with Gasteiger partial charge in [-0.3, -0.25) is 14.4 Å². The van der Waals surface area contributed by atoms with Gasteiger partial charge in [-0.15, -0.1) is 0 Å². The zero-order chi connectivity index (χ0) is 46.5. The molecule has 6 heteroatoms. The van der Waals surface area contributed by atoms with E-state index in [2.05, 4.69) is 142 Å². The first-order chi connectivity index (χ1) is 31.5. The van der Waals surface area contributed by atoms with E-state index in [1.807, 2.05) is 12.2 Å². The van der Waals surface area contributed by atoms with E-state index in [-0.39, 0.29) is 44.0 Å². The molecule has 358 valence electrons. The van der Waals surface area contributed by atoms with E-state index >= 15 is 0 Å². The minimum atomic E-state index is -0.832. The third kappa shape index (κ3) is 48.6. The van der Waals surface area contributed by atoms with E-state index in [1.165, 1.54) is 25.7 Å². The lowest BCUT2D eigenvalue weighted by molar-refractivity contribution is -0.166. The molecule has 1 unspecified atom stereocenters. The summed E-state index contributed by atoms with van der Waals surface area (Å²) in [5.41, 5.74) is 0. The molecule has 0 aliphatic rings. The highest BCUT2D eigenvalue weighted by Crippen LogP contribution is 2.12.